The molecule has 0 saturated heterocycles. The first-order chi connectivity index (χ1) is 8.70. The molecular weight excluding hydrogens is 248 g/mol. The number of carbonyl (C=O) groups is 1. The molecule has 2 aromatic heterocycles. The molecule has 2 aromatic rings. The SMILES string of the molecule is CCOC(=O)C=Cc1cn[nH]c1-c1ccc(C)s1. The highest BCUT2D eigenvalue weighted by atomic mass is 32.1. The van der Waals surface area contributed by atoms with Crippen LogP contribution in [0.1, 0.15) is 17.4 Å². The molecule has 2 rings (SSSR count). The quantitative estimate of drug-likeness (QED) is 0.680. The normalized spacial score (nSPS) is 11.0. The number of thiophene rings is 1. The number of H-pyrrole nitrogens is 1. The number of aryl methyl sites for hydroxylation is 1. The van der Waals surface area contributed by atoms with E-state index in [4.69, 9.17) is 4.74 Å². The van der Waals surface area contributed by atoms with E-state index in [1.54, 1.807) is 30.5 Å². The van der Waals surface area contributed by atoms with Gasteiger partial charge >= 0.3 is 5.97 Å². The zero-order valence-electron chi connectivity index (χ0n) is 10.3. The number of nitrogens with one attached hydrogen (secondary N) is 1. The predicted octanol–water partition coefficient (Wildman–Crippen LogP) is 3.02. The number of ether oxygens (including phenoxy) is 1. The first-order valence-electron chi connectivity index (χ1n) is 5.65. The molecule has 18 heavy (non-hydrogen) atoms. The summed E-state index contributed by atoms with van der Waals surface area (Å²) >= 11 is 1.68. The lowest BCUT2D eigenvalue weighted by atomic mass is 10.2. The van der Waals surface area contributed by atoms with Gasteiger partial charge in [0.05, 0.1) is 23.4 Å². The molecule has 2 heterocycles. The molecule has 0 aromatic carbocycles. The molecule has 0 aliphatic heterocycles. The van der Waals surface area contributed by atoms with E-state index in [-0.39, 0.29) is 5.97 Å². The molecule has 0 spiro atoms. The Morgan fingerprint density at radius 2 is 2.39 bits per heavy atom. The minimum Gasteiger partial charge on any atom is -0.463 e. The fourth-order valence-electron chi connectivity index (χ4n) is 1.54. The number of aromatic nitrogens is 2. The third kappa shape index (κ3) is 2.87. The van der Waals surface area contributed by atoms with Crippen LogP contribution in [-0.4, -0.2) is 22.8 Å². The summed E-state index contributed by atoms with van der Waals surface area (Å²) in [5.74, 6) is -0.341. The largest absolute Gasteiger partial charge is 0.463 e. The van der Waals surface area contributed by atoms with E-state index in [1.165, 1.54) is 11.0 Å². The van der Waals surface area contributed by atoms with E-state index < -0.39 is 0 Å². The number of hydrogen-bond acceptors (Lipinski definition) is 4. The first-order valence-corrected chi connectivity index (χ1v) is 6.47. The molecule has 5 heteroatoms. The summed E-state index contributed by atoms with van der Waals surface area (Å²) in [5, 5.41) is 6.96. The molecule has 0 aliphatic rings. The minimum atomic E-state index is -0.341. The monoisotopic (exact) mass is 262 g/mol. The highest BCUT2D eigenvalue weighted by Gasteiger charge is 2.07. The van der Waals surface area contributed by atoms with Gasteiger partial charge in [0.25, 0.3) is 0 Å². The maximum Gasteiger partial charge on any atom is 0.330 e. The minimum absolute atomic E-state index is 0.341. The number of hydrogen-bond donors (Lipinski definition) is 1. The van der Waals surface area contributed by atoms with Gasteiger partial charge in [-0.05, 0) is 32.1 Å². The van der Waals surface area contributed by atoms with Crippen LogP contribution in [0.4, 0.5) is 0 Å². The summed E-state index contributed by atoms with van der Waals surface area (Å²) < 4.78 is 4.84. The van der Waals surface area contributed by atoms with Gasteiger partial charge in [0.2, 0.25) is 0 Å². The Kier molecular flexibility index (Phi) is 3.94. The van der Waals surface area contributed by atoms with Gasteiger partial charge in [0.1, 0.15) is 0 Å². The van der Waals surface area contributed by atoms with Crippen LogP contribution in [-0.2, 0) is 9.53 Å². The lowest BCUT2D eigenvalue weighted by Gasteiger charge is -1.96. The van der Waals surface area contributed by atoms with Gasteiger partial charge in [-0.15, -0.1) is 11.3 Å². The standard InChI is InChI=1S/C13H14N2O2S/c1-3-17-12(16)7-5-10-8-14-15-13(10)11-6-4-9(2)18-11/h4-8H,3H2,1-2H3,(H,14,15). The van der Waals surface area contributed by atoms with Gasteiger partial charge in [-0.3, -0.25) is 5.10 Å². The fraction of sp³-hybridized carbons (Fsp3) is 0.231. The van der Waals surface area contributed by atoms with Crippen LogP contribution >= 0.6 is 11.3 Å². The van der Waals surface area contributed by atoms with Crippen molar-refractivity contribution in [2.24, 2.45) is 0 Å². The Balaban J connectivity index is 2.20. The van der Waals surface area contributed by atoms with Gasteiger partial charge in [0, 0.05) is 16.5 Å². The van der Waals surface area contributed by atoms with Gasteiger partial charge in [-0.2, -0.15) is 5.10 Å². The lowest BCUT2D eigenvalue weighted by molar-refractivity contribution is -0.137. The highest BCUT2D eigenvalue weighted by Crippen LogP contribution is 2.29. The molecule has 94 valence electrons. The van der Waals surface area contributed by atoms with Crippen molar-refractivity contribution in [3.8, 4) is 10.6 Å². The zero-order chi connectivity index (χ0) is 13.0. The molecule has 0 radical (unpaired) electrons. The summed E-state index contributed by atoms with van der Waals surface area (Å²) in [6.07, 6.45) is 4.82. The smallest absolute Gasteiger partial charge is 0.330 e. The zero-order valence-corrected chi connectivity index (χ0v) is 11.1. The van der Waals surface area contributed by atoms with Crippen LogP contribution in [0.5, 0.6) is 0 Å². The van der Waals surface area contributed by atoms with Crippen LogP contribution in [0.15, 0.2) is 24.4 Å². The van der Waals surface area contributed by atoms with Crippen molar-refractivity contribution in [1.29, 1.82) is 0 Å². The number of esters is 1. The van der Waals surface area contributed by atoms with E-state index in [0.717, 1.165) is 16.1 Å². The Morgan fingerprint density at radius 3 is 3.06 bits per heavy atom. The molecule has 0 fully saturated rings. The molecule has 1 N–H and O–H groups in total. The Labute approximate surface area is 109 Å². The number of nitrogens with zero attached hydrogens (tertiary/aromatic N) is 1. The van der Waals surface area contributed by atoms with Crippen molar-refractivity contribution >= 4 is 23.4 Å². The van der Waals surface area contributed by atoms with Crippen molar-refractivity contribution in [3.05, 3.63) is 34.8 Å². The van der Waals surface area contributed by atoms with Crippen molar-refractivity contribution in [3.63, 3.8) is 0 Å². The van der Waals surface area contributed by atoms with Gasteiger partial charge in [-0.25, -0.2) is 4.79 Å². The molecule has 0 saturated carbocycles. The Bertz CT molecular complexity index is 569. The second-order valence-electron chi connectivity index (χ2n) is 3.70. The summed E-state index contributed by atoms with van der Waals surface area (Å²) in [7, 11) is 0. The lowest BCUT2D eigenvalue weighted by Crippen LogP contribution is -1.98. The van der Waals surface area contributed by atoms with Crippen LogP contribution in [0.3, 0.4) is 0 Å². The maximum atomic E-state index is 11.3. The molecule has 0 aliphatic carbocycles. The average Bonchev–Trinajstić information content (AvgIpc) is 2.95. The van der Waals surface area contributed by atoms with Crippen molar-refractivity contribution in [2.45, 2.75) is 13.8 Å². The van der Waals surface area contributed by atoms with E-state index in [0.29, 0.717) is 6.61 Å². The summed E-state index contributed by atoms with van der Waals surface area (Å²) in [4.78, 5) is 13.6. The molecular formula is C13H14N2O2S. The summed E-state index contributed by atoms with van der Waals surface area (Å²) in [5.41, 5.74) is 1.80. The average molecular weight is 262 g/mol. The summed E-state index contributed by atoms with van der Waals surface area (Å²) in [6, 6.07) is 4.09. The fourth-order valence-corrected chi connectivity index (χ4v) is 2.42. The number of carbonyl (C=O) groups excluding carboxylic acids is 1. The second kappa shape index (κ2) is 5.64. The van der Waals surface area contributed by atoms with E-state index >= 15 is 0 Å². The molecule has 0 bridgehead atoms. The van der Waals surface area contributed by atoms with E-state index in [9.17, 15) is 4.79 Å². The number of rotatable bonds is 4. The van der Waals surface area contributed by atoms with E-state index in [1.807, 2.05) is 6.07 Å². The number of aromatic amines is 1. The third-order valence-corrected chi connectivity index (χ3v) is 3.36. The van der Waals surface area contributed by atoms with Crippen molar-refractivity contribution in [1.82, 2.24) is 10.2 Å². The maximum absolute atomic E-state index is 11.3. The van der Waals surface area contributed by atoms with Crippen LogP contribution in [0.2, 0.25) is 0 Å². The van der Waals surface area contributed by atoms with Crippen molar-refractivity contribution in [2.75, 3.05) is 6.61 Å². The van der Waals surface area contributed by atoms with Crippen LogP contribution in [0, 0.1) is 6.92 Å². The topological polar surface area (TPSA) is 55.0 Å². The first kappa shape index (κ1) is 12.6. The Morgan fingerprint density at radius 1 is 1.56 bits per heavy atom. The molecule has 4 nitrogen and oxygen atoms in total. The molecule has 0 atom stereocenters. The Hall–Kier alpha value is -1.88. The van der Waals surface area contributed by atoms with Crippen molar-refractivity contribution < 1.29 is 9.53 Å². The molecule has 0 unspecified atom stereocenters. The second-order valence-corrected chi connectivity index (χ2v) is 4.98. The van der Waals surface area contributed by atoms with E-state index in [2.05, 4.69) is 23.2 Å². The van der Waals surface area contributed by atoms with Gasteiger partial charge in [0.15, 0.2) is 0 Å². The highest BCUT2D eigenvalue weighted by molar-refractivity contribution is 7.15. The predicted molar refractivity (Wildman–Crippen MR) is 72.3 cm³/mol. The van der Waals surface area contributed by atoms with Crippen LogP contribution < -0.4 is 0 Å². The van der Waals surface area contributed by atoms with Gasteiger partial charge in [-0.1, -0.05) is 0 Å². The summed E-state index contributed by atoms with van der Waals surface area (Å²) in [6.45, 7) is 4.22. The molecule has 0 amide bonds. The van der Waals surface area contributed by atoms with Gasteiger partial charge < -0.3 is 4.74 Å². The van der Waals surface area contributed by atoms with Crippen LogP contribution in [0.25, 0.3) is 16.6 Å². The third-order valence-electron chi connectivity index (χ3n) is 2.34.